The molecule has 0 aromatic carbocycles. The first kappa shape index (κ1) is 57.0. The summed E-state index contributed by atoms with van der Waals surface area (Å²) in [6.45, 7) is 9.11. The summed E-state index contributed by atoms with van der Waals surface area (Å²) in [7, 11) is 4.08. The molecule has 0 aliphatic carbocycles. The zero-order valence-electron chi connectivity index (χ0n) is 37.1. The van der Waals surface area contributed by atoms with Crippen LogP contribution >= 0.6 is 0 Å². The average molecular weight is 782 g/mol. The molecule has 0 aliphatic rings. The van der Waals surface area contributed by atoms with E-state index in [1.54, 1.807) is 13.8 Å². The molecule has 0 saturated heterocycles. The number of nitrogens with zero attached hydrogens (tertiary/aromatic N) is 1. The number of carbonyl (C=O) groups is 3. The summed E-state index contributed by atoms with van der Waals surface area (Å²) >= 11 is 0. The van der Waals surface area contributed by atoms with E-state index in [1.807, 2.05) is 14.1 Å². The van der Waals surface area contributed by atoms with Gasteiger partial charge in [0.2, 0.25) is 0 Å². The summed E-state index contributed by atoms with van der Waals surface area (Å²) in [5.41, 5.74) is 0. The van der Waals surface area contributed by atoms with Gasteiger partial charge in [-0.25, -0.2) is 4.79 Å². The van der Waals surface area contributed by atoms with Crippen LogP contribution in [0.5, 0.6) is 0 Å². The molecule has 0 heterocycles. The summed E-state index contributed by atoms with van der Waals surface area (Å²) in [5.74, 6) is -1.49. The molecule has 0 atom stereocenters. The number of carbonyl (C=O) groups excluding carboxylic acids is 1. The lowest BCUT2D eigenvalue weighted by Gasteiger charge is -2.18. The molecule has 0 aliphatic heterocycles. The third-order valence-electron chi connectivity index (χ3n) is 9.41. The SMILES string of the molecule is CCC(=O)O.CCC(=O)O.CCCCCCCCC=CCCCCCCCC(CCCCCCCC=CCCCCCCCC)OC(=O)OCCCN(C)C. The van der Waals surface area contributed by atoms with Crippen LogP contribution in [0.3, 0.4) is 0 Å². The van der Waals surface area contributed by atoms with Gasteiger partial charge in [-0.05, 0) is 97.6 Å². The van der Waals surface area contributed by atoms with Crippen LogP contribution in [0, 0.1) is 0 Å². The van der Waals surface area contributed by atoms with Gasteiger partial charge in [-0.1, -0.05) is 155 Å². The molecule has 55 heavy (non-hydrogen) atoms. The van der Waals surface area contributed by atoms with Crippen LogP contribution in [-0.2, 0) is 19.1 Å². The van der Waals surface area contributed by atoms with Crippen LogP contribution in [0.15, 0.2) is 24.3 Å². The second-order valence-electron chi connectivity index (χ2n) is 15.2. The van der Waals surface area contributed by atoms with Crippen molar-refractivity contribution in [2.45, 2.75) is 233 Å². The largest absolute Gasteiger partial charge is 0.508 e. The second kappa shape index (κ2) is 49.7. The smallest absolute Gasteiger partial charge is 0.481 e. The minimum Gasteiger partial charge on any atom is -0.481 e. The van der Waals surface area contributed by atoms with Crippen LogP contribution in [0.25, 0.3) is 0 Å². The number of ether oxygens (including phenoxy) is 2. The monoisotopic (exact) mass is 782 g/mol. The van der Waals surface area contributed by atoms with Crippen LogP contribution < -0.4 is 0 Å². The summed E-state index contributed by atoms with van der Waals surface area (Å²) in [6, 6.07) is 0. The highest BCUT2D eigenvalue weighted by molar-refractivity contribution is 5.66. The van der Waals surface area contributed by atoms with Gasteiger partial charge in [0.1, 0.15) is 6.10 Å². The summed E-state index contributed by atoms with van der Waals surface area (Å²) < 4.78 is 11.2. The van der Waals surface area contributed by atoms with E-state index < -0.39 is 18.1 Å². The molecule has 0 fully saturated rings. The molecule has 326 valence electrons. The Hall–Kier alpha value is -2.35. The van der Waals surface area contributed by atoms with E-state index in [9.17, 15) is 14.4 Å². The first-order valence-corrected chi connectivity index (χ1v) is 22.9. The van der Waals surface area contributed by atoms with Crippen molar-refractivity contribution < 1.29 is 34.1 Å². The first-order chi connectivity index (χ1) is 26.6. The number of hydrogen-bond donors (Lipinski definition) is 2. The van der Waals surface area contributed by atoms with Crippen molar-refractivity contribution in [2.24, 2.45) is 0 Å². The zero-order valence-corrected chi connectivity index (χ0v) is 37.1. The Balaban J connectivity index is -0.00000237. The fourth-order valence-electron chi connectivity index (χ4n) is 5.85. The first-order valence-electron chi connectivity index (χ1n) is 22.9. The van der Waals surface area contributed by atoms with Gasteiger partial charge in [0.25, 0.3) is 0 Å². The van der Waals surface area contributed by atoms with Crippen molar-refractivity contribution >= 4 is 18.1 Å². The molecular formula is C47H91NO7. The third-order valence-corrected chi connectivity index (χ3v) is 9.41. The number of carboxylic acid groups (broad SMARTS) is 2. The van der Waals surface area contributed by atoms with Gasteiger partial charge in [0.15, 0.2) is 0 Å². The molecule has 0 rings (SSSR count). The molecule has 0 unspecified atom stereocenters. The lowest BCUT2D eigenvalue weighted by atomic mass is 10.0. The Kier molecular flexibility index (Phi) is 51.5. The molecular weight excluding hydrogens is 691 g/mol. The normalized spacial score (nSPS) is 11.6. The van der Waals surface area contributed by atoms with E-state index in [0.29, 0.717) is 6.61 Å². The Morgan fingerprint density at radius 2 is 0.800 bits per heavy atom. The highest BCUT2D eigenvalue weighted by atomic mass is 16.7. The van der Waals surface area contributed by atoms with E-state index in [1.165, 1.54) is 154 Å². The van der Waals surface area contributed by atoms with Gasteiger partial charge in [-0.2, -0.15) is 0 Å². The van der Waals surface area contributed by atoms with Crippen LogP contribution in [0.4, 0.5) is 4.79 Å². The van der Waals surface area contributed by atoms with E-state index >= 15 is 0 Å². The average Bonchev–Trinajstić information content (AvgIpc) is 3.16. The molecule has 2 N–H and O–H groups in total. The molecule has 0 amide bonds. The van der Waals surface area contributed by atoms with Gasteiger partial charge in [0.05, 0.1) is 6.61 Å². The zero-order chi connectivity index (χ0) is 41.5. The van der Waals surface area contributed by atoms with Gasteiger partial charge >= 0.3 is 18.1 Å². The fraction of sp³-hybridized carbons (Fsp3) is 0.851. The maximum atomic E-state index is 12.3. The number of unbranched alkanes of at least 4 members (excludes halogenated alkanes) is 22. The molecule has 0 spiro atoms. The maximum Gasteiger partial charge on any atom is 0.508 e. The lowest BCUT2D eigenvalue weighted by molar-refractivity contribution is -0.137. The lowest BCUT2D eigenvalue weighted by Crippen LogP contribution is -2.21. The number of hydrogen-bond acceptors (Lipinski definition) is 6. The Morgan fingerprint density at radius 1 is 0.491 bits per heavy atom. The minimum atomic E-state index is -0.745. The molecule has 0 saturated carbocycles. The Morgan fingerprint density at radius 3 is 1.11 bits per heavy atom. The van der Waals surface area contributed by atoms with Crippen LogP contribution in [0.2, 0.25) is 0 Å². The van der Waals surface area contributed by atoms with Crippen LogP contribution in [-0.4, -0.2) is 66.6 Å². The van der Waals surface area contributed by atoms with E-state index in [0.717, 1.165) is 38.6 Å². The highest BCUT2D eigenvalue weighted by Crippen LogP contribution is 2.18. The molecule has 8 nitrogen and oxygen atoms in total. The third kappa shape index (κ3) is 58.5. The number of rotatable bonds is 37. The number of allylic oxidation sites excluding steroid dienone is 4. The Labute approximate surface area is 340 Å². The minimum absolute atomic E-state index is 0.00107. The van der Waals surface area contributed by atoms with Crippen molar-refractivity contribution in [1.29, 1.82) is 0 Å². The van der Waals surface area contributed by atoms with Crippen molar-refractivity contribution in [3.05, 3.63) is 24.3 Å². The van der Waals surface area contributed by atoms with E-state index in [2.05, 4.69) is 43.1 Å². The van der Waals surface area contributed by atoms with Crippen molar-refractivity contribution in [3.63, 3.8) is 0 Å². The maximum absolute atomic E-state index is 12.3. The second-order valence-corrected chi connectivity index (χ2v) is 15.2. The molecule has 0 aromatic rings. The van der Waals surface area contributed by atoms with Gasteiger partial charge < -0.3 is 24.6 Å². The standard InChI is InChI=1S/C41H79NO3.2C3H6O2/c1-5-7-9-11-13-15-17-19-21-23-25-27-29-31-33-36-40(45-41(43)44-39-35-38-42(3)4)37-34-32-30-28-26-24-22-20-18-16-14-12-10-8-6-2;2*1-2-3(4)5/h19-22,40H,5-18,23-39H2,1-4H3;2*2H2,1H3,(H,4,5). The van der Waals surface area contributed by atoms with E-state index in [4.69, 9.17) is 19.7 Å². The van der Waals surface area contributed by atoms with Crippen LogP contribution in [0.1, 0.15) is 227 Å². The molecule has 0 bridgehead atoms. The Bertz CT molecular complexity index is 804. The molecule has 0 radical (unpaired) electrons. The predicted octanol–water partition coefficient (Wildman–Crippen LogP) is 14.5. The number of carboxylic acids is 2. The topological polar surface area (TPSA) is 113 Å². The van der Waals surface area contributed by atoms with E-state index in [-0.39, 0.29) is 18.9 Å². The summed E-state index contributed by atoms with van der Waals surface area (Å²) in [5, 5.41) is 15.4. The van der Waals surface area contributed by atoms with Gasteiger partial charge in [0, 0.05) is 19.4 Å². The predicted molar refractivity (Wildman–Crippen MR) is 234 cm³/mol. The summed E-state index contributed by atoms with van der Waals surface area (Å²) in [6.07, 6.45) is 46.3. The van der Waals surface area contributed by atoms with Gasteiger partial charge in [-0.3, -0.25) is 9.59 Å². The van der Waals surface area contributed by atoms with Crippen molar-refractivity contribution in [2.75, 3.05) is 27.2 Å². The van der Waals surface area contributed by atoms with Gasteiger partial charge in [-0.15, -0.1) is 0 Å². The quantitative estimate of drug-likeness (QED) is 0.0364. The fourth-order valence-corrected chi connectivity index (χ4v) is 5.85. The summed E-state index contributed by atoms with van der Waals surface area (Å²) in [4.78, 5) is 33.2. The number of aliphatic carboxylic acids is 2. The van der Waals surface area contributed by atoms with Crippen molar-refractivity contribution in [3.8, 4) is 0 Å². The molecule has 8 heteroatoms. The molecule has 0 aromatic heterocycles. The van der Waals surface area contributed by atoms with Crippen molar-refractivity contribution in [1.82, 2.24) is 4.90 Å². The highest BCUT2D eigenvalue weighted by Gasteiger charge is 2.15.